The Balaban J connectivity index is 0.00000261. The number of aryl methyl sites for hydroxylation is 1. The van der Waals surface area contributed by atoms with Gasteiger partial charge in [-0.1, -0.05) is 23.4 Å². The second-order valence-corrected chi connectivity index (χ2v) is 6.01. The highest BCUT2D eigenvalue weighted by atomic mass is 35.5. The predicted octanol–water partition coefficient (Wildman–Crippen LogP) is 3.82. The molecule has 0 radical (unpaired) electrons. The molecule has 0 aliphatic rings. The minimum Gasteiger partial charge on any atom is -0.334 e. The zero-order valence-electron chi connectivity index (χ0n) is 14.9. The lowest BCUT2D eigenvalue weighted by Crippen LogP contribution is -2.24. The molecular weight excluding hydrogens is 383 g/mol. The summed E-state index contributed by atoms with van der Waals surface area (Å²) in [5, 5.41) is 10.7. The van der Waals surface area contributed by atoms with Crippen LogP contribution in [0.25, 0.3) is 17.1 Å². The summed E-state index contributed by atoms with van der Waals surface area (Å²) in [5.41, 5.74) is -0.170. The van der Waals surface area contributed by atoms with Crippen LogP contribution in [0.2, 0.25) is 0 Å². The predicted molar refractivity (Wildman–Crippen MR) is 96.1 cm³/mol. The summed E-state index contributed by atoms with van der Waals surface area (Å²) in [5.74, 6) is 0.133. The maximum Gasteiger partial charge on any atom is 0.434 e. The van der Waals surface area contributed by atoms with Crippen LogP contribution in [0.15, 0.2) is 35.0 Å². The van der Waals surface area contributed by atoms with Crippen molar-refractivity contribution in [2.24, 2.45) is 0 Å². The first-order valence-corrected chi connectivity index (χ1v) is 8.02. The van der Waals surface area contributed by atoms with Crippen molar-refractivity contribution in [1.82, 2.24) is 25.2 Å². The Morgan fingerprint density at radius 1 is 1.26 bits per heavy atom. The molecule has 1 aromatic carbocycles. The van der Waals surface area contributed by atoms with Crippen LogP contribution in [0, 0.1) is 6.92 Å². The van der Waals surface area contributed by atoms with Gasteiger partial charge in [0.05, 0.1) is 17.4 Å². The van der Waals surface area contributed by atoms with Crippen LogP contribution in [-0.2, 0) is 12.6 Å². The number of nitrogens with one attached hydrogen (secondary N) is 1. The second-order valence-electron chi connectivity index (χ2n) is 6.01. The average molecular weight is 402 g/mol. The molecule has 6 nitrogen and oxygen atoms in total. The van der Waals surface area contributed by atoms with E-state index in [0.717, 1.165) is 10.9 Å². The normalized spacial score (nSPS) is 12.7. The van der Waals surface area contributed by atoms with Crippen molar-refractivity contribution >= 4 is 12.4 Å². The number of alkyl halides is 3. The highest BCUT2D eigenvalue weighted by Gasteiger charge is 2.40. The Kier molecular flexibility index (Phi) is 6.27. The van der Waals surface area contributed by atoms with Gasteiger partial charge in [-0.2, -0.15) is 23.3 Å². The minimum absolute atomic E-state index is 0. The average Bonchev–Trinajstić information content (AvgIpc) is 3.21. The van der Waals surface area contributed by atoms with Crippen LogP contribution in [-0.4, -0.2) is 33.0 Å². The van der Waals surface area contributed by atoms with Gasteiger partial charge < -0.3 is 9.84 Å². The molecule has 1 unspecified atom stereocenters. The number of nitrogens with zero attached hydrogens (tertiary/aromatic N) is 4. The summed E-state index contributed by atoms with van der Waals surface area (Å²) < 4.78 is 47.2. The molecule has 1 atom stereocenters. The molecule has 10 heteroatoms. The van der Waals surface area contributed by atoms with Crippen molar-refractivity contribution in [2.75, 3.05) is 7.05 Å². The van der Waals surface area contributed by atoms with E-state index in [2.05, 4.69) is 20.6 Å². The number of rotatable bonds is 5. The topological polar surface area (TPSA) is 68.8 Å². The van der Waals surface area contributed by atoms with Gasteiger partial charge in [-0.25, -0.2) is 4.68 Å². The molecule has 2 aromatic heterocycles. The van der Waals surface area contributed by atoms with E-state index in [9.17, 15) is 13.2 Å². The van der Waals surface area contributed by atoms with Crippen LogP contribution in [0.3, 0.4) is 0 Å². The zero-order valence-corrected chi connectivity index (χ0v) is 15.7. The van der Waals surface area contributed by atoms with E-state index in [-0.39, 0.29) is 29.9 Å². The third-order valence-electron chi connectivity index (χ3n) is 4.06. The number of benzene rings is 1. The van der Waals surface area contributed by atoms with Gasteiger partial charge in [-0.3, -0.25) is 0 Å². The molecule has 0 bridgehead atoms. The largest absolute Gasteiger partial charge is 0.434 e. The van der Waals surface area contributed by atoms with Crippen molar-refractivity contribution in [1.29, 1.82) is 0 Å². The number of aromatic nitrogens is 4. The van der Waals surface area contributed by atoms with Gasteiger partial charge in [0.1, 0.15) is 0 Å². The standard InChI is InChI=1S/C17H18F3N5O.ClH/c1-10-6-4-5-7-13(10)25-15(17(18,19)20)12(9-22-25)16-23-14(24-26-16)8-11(2)21-3;/h4-7,9,11,21H,8H2,1-3H3;1H. The first-order valence-electron chi connectivity index (χ1n) is 8.02. The Labute approximate surface area is 160 Å². The zero-order chi connectivity index (χ0) is 18.9. The number of likely N-dealkylation sites (N-methyl/N-ethyl adjacent to an activating group) is 1. The SMILES string of the molecule is CNC(C)Cc1noc(-c2cnn(-c3ccccc3C)c2C(F)(F)F)n1.Cl. The van der Waals surface area contributed by atoms with Crippen LogP contribution >= 0.6 is 12.4 Å². The molecule has 0 aliphatic carbocycles. The second kappa shape index (κ2) is 8.10. The first-order chi connectivity index (χ1) is 12.3. The van der Waals surface area contributed by atoms with Gasteiger partial charge in [0.15, 0.2) is 11.5 Å². The van der Waals surface area contributed by atoms with Crippen LogP contribution in [0.1, 0.15) is 24.0 Å². The van der Waals surface area contributed by atoms with Gasteiger partial charge >= 0.3 is 6.18 Å². The number of halogens is 4. The molecule has 0 fully saturated rings. The number of para-hydroxylation sites is 1. The maximum absolute atomic E-state index is 13.8. The minimum atomic E-state index is -4.64. The lowest BCUT2D eigenvalue weighted by Gasteiger charge is -2.13. The molecule has 146 valence electrons. The molecule has 0 aliphatic heterocycles. The Morgan fingerprint density at radius 2 is 1.96 bits per heavy atom. The number of hydrogen-bond donors (Lipinski definition) is 1. The highest BCUT2D eigenvalue weighted by molar-refractivity contribution is 5.85. The van der Waals surface area contributed by atoms with Crippen LogP contribution in [0.5, 0.6) is 0 Å². The van der Waals surface area contributed by atoms with Crippen molar-refractivity contribution < 1.29 is 17.7 Å². The van der Waals surface area contributed by atoms with Crippen molar-refractivity contribution in [2.45, 2.75) is 32.5 Å². The molecule has 0 saturated carbocycles. The molecule has 0 saturated heterocycles. The van der Waals surface area contributed by atoms with E-state index < -0.39 is 11.9 Å². The fourth-order valence-corrected chi connectivity index (χ4v) is 2.58. The summed E-state index contributed by atoms with van der Waals surface area (Å²) in [4.78, 5) is 4.10. The molecule has 0 spiro atoms. The monoisotopic (exact) mass is 401 g/mol. The molecule has 3 rings (SSSR count). The summed E-state index contributed by atoms with van der Waals surface area (Å²) in [6, 6.07) is 6.78. The molecule has 1 N–H and O–H groups in total. The smallest absolute Gasteiger partial charge is 0.334 e. The summed E-state index contributed by atoms with van der Waals surface area (Å²) in [7, 11) is 1.78. The lowest BCUT2D eigenvalue weighted by molar-refractivity contribution is -0.142. The third-order valence-corrected chi connectivity index (χ3v) is 4.06. The third kappa shape index (κ3) is 4.30. The first kappa shape index (κ1) is 20.9. The van der Waals surface area contributed by atoms with E-state index in [1.54, 1.807) is 38.2 Å². The summed E-state index contributed by atoms with van der Waals surface area (Å²) >= 11 is 0. The highest BCUT2D eigenvalue weighted by Crippen LogP contribution is 2.38. The summed E-state index contributed by atoms with van der Waals surface area (Å²) in [6.07, 6.45) is -3.09. The van der Waals surface area contributed by atoms with Crippen LogP contribution in [0.4, 0.5) is 13.2 Å². The maximum atomic E-state index is 13.8. The molecule has 27 heavy (non-hydrogen) atoms. The van der Waals surface area contributed by atoms with Crippen LogP contribution < -0.4 is 5.32 Å². The van der Waals surface area contributed by atoms with Gasteiger partial charge in [-0.15, -0.1) is 12.4 Å². The van der Waals surface area contributed by atoms with Crippen molar-refractivity contribution in [3.63, 3.8) is 0 Å². The van der Waals surface area contributed by atoms with E-state index in [1.807, 2.05) is 6.92 Å². The molecule has 2 heterocycles. The Hall–Kier alpha value is -2.39. The fraction of sp³-hybridized carbons (Fsp3) is 0.353. The Bertz CT molecular complexity index is 906. The van der Waals surface area contributed by atoms with E-state index in [0.29, 0.717) is 23.5 Å². The lowest BCUT2D eigenvalue weighted by atomic mass is 10.2. The van der Waals surface area contributed by atoms with Gasteiger partial charge in [0, 0.05) is 12.5 Å². The quantitative estimate of drug-likeness (QED) is 0.703. The molecular formula is C17H19ClF3N5O. The van der Waals surface area contributed by atoms with E-state index >= 15 is 0 Å². The Morgan fingerprint density at radius 3 is 2.59 bits per heavy atom. The van der Waals surface area contributed by atoms with Gasteiger partial charge in [-0.05, 0) is 32.5 Å². The molecule has 0 amide bonds. The van der Waals surface area contributed by atoms with Crippen molar-refractivity contribution in [3.8, 4) is 17.1 Å². The summed E-state index contributed by atoms with van der Waals surface area (Å²) in [6.45, 7) is 3.63. The fourth-order valence-electron chi connectivity index (χ4n) is 2.58. The van der Waals surface area contributed by atoms with Crippen molar-refractivity contribution in [3.05, 3.63) is 47.5 Å². The van der Waals surface area contributed by atoms with E-state index in [4.69, 9.17) is 4.52 Å². The van der Waals surface area contributed by atoms with Gasteiger partial charge in [0.25, 0.3) is 5.89 Å². The number of hydrogen-bond acceptors (Lipinski definition) is 5. The van der Waals surface area contributed by atoms with Gasteiger partial charge in [0.2, 0.25) is 0 Å². The van der Waals surface area contributed by atoms with E-state index in [1.165, 1.54) is 0 Å². The molecule has 3 aromatic rings.